The number of carbonyl (C=O) groups excluding carboxylic acids is 1. The van der Waals surface area contributed by atoms with E-state index in [1.807, 2.05) is 40.1 Å². The zero-order valence-corrected chi connectivity index (χ0v) is 19.9. The average molecular weight is 461 g/mol. The first-order chi connectivity index (χ1) is 15.8. The van der Waals surface area contributed by atoms with Crippen LogP contribution >= 0.6 is 11.8 Å². The number of fused-ring (bicyclic) bond motifs is 1. The summed E-state index contributed by atoms with van der Waals surface area (Å²) in [6.45, 7) is 4.71. The normalized spacial score (nSPS) is 16.6. The van der Waals surface area contributed by atoms with Crippen LogP contribution in [0.2, 0.25) is 0 Å². The lowest BCUT2D eigenvalue weighted by Gasteiger charge is -2.22. The van der Waals surface area contributed by atoms with Crippen molar-refractivity contribution in [1.29, 1.82) is 5.26 Å². The number of nitrogens with zero attached hydrogens (tertiary/aromatic N) is 5. The molecule has 0 spiro atoms. The summed E-state index contributed by atoms with van der Waals surface area (Å²) in [5.41, 5.74) is 10.5. The number of anilines is 2. The van der Waals surface area contributed by atoms with Crippen LogP contribution in [0, 0.1) is 11.3 Å². The zero-order chi connectivity index (χ0) is 23.7. The molecular formula is C24H26N7OS+. The van der Waals surface area contributed by atoms with E-state index in [1.54, 1.807) is 16.3 Å². The number of amides is 1. The highest BCUT2D eigenvalue weighted by atomic mass is 32.2. The standard InChI is InChI=1S/C24H26N7OS/c1-14-12-33-20-9-18(15(2)29-23-19(10-25)22(26)27-13-28-23)21(24(32)31(14)20)17-7-5-6-16(8-17)11-30(3)4/h5-9,13,15H,11-12H2,1-4H3,(H3,26,27,28,29)/q+1/t15-/m0/s1. The summed E-state index contributed by atoms with van der Waals surface area (Å²) in [7, 11) is 4.04. The number of rotatable bonds is 6. The molecule has 1 aromatic carbocycles. The van der Waals surface area contributed by atoms with Crippen LogP contribution in [0.5, 0.6) is 0 Å². The van der Waals surface area contributed by atoms with Crippen LogP contribution in [0.3, 0.4) is 0 Å². The van der Waals surface area contributed by atoms with Crippen LogP contribution in [0.15, 0.2) is 47.3 Å². The molecule has 3 heterocycles. The lowest BCUT2D eigenvalue weighted by atomic mass is 9.91. The quantitative estimate of drug-likeness (QED) is 0.633. The lowest BCUT2D eigenvalue weighted by Crippen LogP contribution is -2.30. The van der Waals surface area contributed by atoms with Gasteiger partial charge in [0.05, 0.1) is 11.8 Å². The second kappa shape index (κ2) is 9.17. The summed E-state index contributed by atoms with van der Waals surface area (Å²) in [5, 5.41) is 13.7. The highest BCUT2D eigenvalue weighted by Crippen LogP contribution is 2.37. The molecule has 0 aliphatic carbocycles. The molecule has 2 aromatic rings. The van der Waals surface area contributed by atoms with E-state index in [-0.39, 0.29) is 23.3 Å². The number of aromatic nitrogens is 2. The van der Waals surface area contributed by atoms with Crippen molar-refractivity contribution in [1.82, 2.24) is 14.9 Å². The van der Waals surface area contributed by atoms with E-state index in [2.05, 4.69) is 44.5 Å². The first-order valence-corrected chi connectivity index (χ1v) is 11.6. The topological polar surface area (TPSA) is 111 Å². The van der Waals surface area contributed by atoms with Gasteiger partial charge < -0.3 is 16.0 Å². The third kappa shape index (κ3) is 4.40. The first kappa shape index (κ1) is 22.7. The van der Waals surface area contributed by atoms with Crippen molar-refractivity contribution in [3.8, 4) is 6.07 Å². The Bertz CT molecular complexity index is 1270. The predicted octanol–water partition coefficient (Wildman–Crippen LogP) is 2.85. The fourth-order valence-electron chi connectivity index (χ4n) is 4.04. The fraction of sp³-hybridized carbons (Fsp3) is 0.292. The molecule has 8 nitrogen and oxygen atoms in total. The van der Waals surface area contributed by atoms with E-state index in [0.717, 1.165) is 39.7 Å². The molecule has 0 radical (unpaired) electrons. The van der Waals surface area contributed by atoms with Crippen LogP contribution in [0.25, 0.3) is 5.57 Å². The molecule has 9 heteroatoms. The van der Waals surface area contributed by atoms with Crippen LogP contribution in [0.4, 0.5) is 11.6 Å². The molecule has 1 aromatic heterocycles. The molecule has 2 aliphatic rings. The molecule has 4 rings (SSSR count). The van der Waals surface area contributed by atoms with Crippen molar-refractivity contribution in [2.75, 3.05) is 30.9 Å². The van der Waals surface area contributed by atoms with Gasteiger partial charge in [-0.3, -0.25) is 0 Å². The van der Waals surface area contributed by atoms with Gasteiger partial charge >= 0.3 is 5.91 Å². The molecule has 0 unspecified atom stereocenters. The second-order valence-corrected chi connectivity index (χ2v) is 9.37. The van der Waals surface area contributed by atoms with Crippen molar-refractivity contribution >= 4 is 40.6 Å². The number of nitrogens with two attached hydrogens (primary N) is 1. The van der Waals surface area contributed by atoms with Gasteiger partial charge in [0.2, 0.25) is 5.03 Å². The maximum absolute atomic E-state index is 13.8. The van der Waals surface area contributed by atoms with Gasteiger partial charge in [-0.15, -0.1) is 4.58 Å². The summed E-state index contributed by atoms with van der Waals surface area (Å²) in [6, 6.07) is 9.84. The zero-order valence-electron chi connectivity index (χ0n) is 19.1. The Kier molecular flexibility index (Phi) is 6.31. The number of nitrogen functional groups attached to an aromatic ring is 1. The highest BCUT2D eigenvalue weighted by Gasteiger charge is 2.41. The van der Waals surface area contributed by atoms with E-state index < -0.39 is 0 Å². The van der Waals surface area contributed by atoms with E-state index in [0.29, 0.717) is 11.4 Å². The van der Waals surface area contributed by atoms with Crippen LogP contribution in [-0.2, 0) is 11.3 Å². The van der Waals surface area contributed by atoms with Crippen molar-refractivity contribution in [2.45, 2.75) is 26.4 Å². The van der Waals surface area contributed by atoms with Gasteiger partial charge in [0.25, 0.3) is 0 Å². The highest BCUT2D eigenvalue weighted by molar-refractivity contribution is 8.03. The number of hydrogen-bond donors (Lipinski definition) is 2. The van der Waals surface area contributed by atoms with Gasteiger partial charge in [-0.2, -0.15) is 5.26 Å². The van der Waals surface area contributed by atoms with Crippen LogP contribution in [0.1, 0.15) is 30.5 Å². The average Bonchev–Trinajstić information content (AvgIpc) is 3.14. The Morgan fingerprint density at radius 2 is 2.15 bits per heavy atom. The lowest BCUT2D eigenvalue weighted by molar-refractivity contribution is -0.379. The fourth-order valence-corrected chi connectivity index (χ4v) is 5.10. The van der Waals surface area contributed by atoms with Crippen molar-refractivity contribution < 1.29 is 9.37 Å². The molecule has 33 heavy (non-hydrogen) atoms. The Balaban J connectivity index is 1.83. The number of carbonyl (C=O) groups is 1. The van der Waals surface area contributed by atoms with E-state index in [9.17, 15) is 10.1 Å². The number of benzene rings is 1. The molecule has 3 N–H and O–H groups in total. The van der Waals surface area contributed by atoms with Crippen LogP contribution < -0.4 is 11.1 Å². The summed E-state index contributed by atoms with van der Waals surface area (Å²) in [5.74, 6) is 1.21. The van der Waals surface area contributed by atoms with Crippen molar-refractivity contribution in [3.05, 3.63) is 64.0 Å². The molecule has 0 saturated carbocycles. The molecule has 0 bridgehead atoms. The molecule has 1 atom stereocenters. The number of hydrogen-bond acceptors (Lipinski definition) is 8. The smallest absolute Gasteiger partial charge is 0.382 e. The van der Waals surface area contributed by atoms with Gasteiger partial charge in [-0.25, -0.2) is 14.8 Å². The Hall–Kier alpha value is -3.48. The molecule has 0 fully saturated rings. The summed E-state index contributed by atoms with van der Waals surface area (Å²) < 4.78 is 1.80. The number of nitrogens with one attached hydrogen (secondary N) is 1. The summed E-state index contributed by atoms with van der Waals surface area (Å²) in [6.07, 6.45) is 3.38. The third-order valence-corrected chi connectivity index (χ3v) is 6.70. The minimum Gasteiger partial charge on any atom is -0.382 e. The SMILES string of the molecule is CC1=[N+]2C(=O)C(c3cccc(CN(C)C)c3)=C([C@H](C)Nc3ncnc(N)c3C#N)C=C2SC1. The molecule has 1 amide bonds. The Morgan fingerprint density at radius 3 is 2.88 bits per heavy atom. The second-order valence-electron chi connectivity index (χ2n) is 8.38. The summed E-state index contributed by atoms with van der Waals surface area (Å²) in [4.78, 5) is 24.0. The molecule has 0 saturated heterocycles. The van der Waals surface area contributed by atoms with Crippen molar-refractivity contribution in [3.63, 3.8) is 0 Å². The van der Waals surface area contributed by atoms with E-state index in [4.69, 9.17) is 5.73 Å². The maximum Gasteiger partial charge on any atom is 0.426 e. The van der Waals surface area contributed by atoms with Gasteiger partial charge in [0, 0.05) is 19.5 Å². The van der Waals surface area contributed by atoms with Crippen molar-refractivity contribution in [2.24, 2.45) is 0 Å². The van der Waals surface area contributed by atoms with E-state index in [1.165, 1.54) is 6.33 Å². The molecule has 168 valence electrons. The third-order valence-electron chi connectivity index (χ3n) is 5.54. The van der Waals surface area contributed by atoms with Gasteiger partial charge in [-0.1, -0.05) is 18.2 Å². The van der Waals surface area contributed by atoms with Crippen LogP contribution in [-0.4, -0.2) is 57.0 Å². The monoisotopic (exact) mass is 460 g/mol. The predicted molar refractivity (Wildman–Crippen MR) is 131 cm³/mol. The largest absolute Gasteiger partial charge is 0.426 e. The maximum atomic E-state index is 13.8. The van der Waals surface area contributed by atoms with E-state index >= 15 is 0 Å². The van der Waals surface area contributed by atoms with Gasteiger partial charge in [-0.05, 0) is 55.5 Å². The Morgan fingerprint density at radius 1 is 1.36 bits per heavy atom. The summed E-state index contributed by atoms with van der Waals surface area (Å²) >= 11 is 1.65. The molecular weight excluding hydrogens is 434 g/mol. The number of nitriles is 1. The first-order valence-electron chi connectivity index (χ1n) is 10.6. The Labute approximate surface area is 197 Å². The minimum absolute atomic E-state index is 0.0386. The van der Waals surface area contributed by atoms with Gasteiger partial charge in [0.15, 0.2) is 5.71 Å². The minimum atomic E-state index is -0.306. The number of thioether (sulfide) groups is 1. The molecule has 2 aliphatic heterocycles. The van der Waals surface area contributed by atoms with Gasteiger partial charge in [0.1, 0.15) is 35.2 Å².